The summed E-state index contributed by atoms with van der Waals surface area (Å²) in [6.07, 6.45) is 1.74. The van der Waals surface area contributed by atoms with E-state index in [1.807, 2.05) is 0 Å². The highest BCUT2D eigenvalue weighted by molar-refractivity contribution is 5.79. The van der Waals surface area contributed by atoms with E-state index in [4.69, 9.17) is 0 Å². The maximum Gasteiger partial charge on any atom is 0.225 e. The van der Waals surface area contributed by atoms with Crippen LogP contribution < -0.4 is 0 Å². The van der Waals surface area contributed by atoms with Gasteiger partial charge in [-0.15, -0.1) is 0 Å². The smallest absolute Gasteiger partial charge is 0.225 e. The molecule has 1 atom stereocenters. The van der Waals surface area contributed by atoms with E-state index < -0.39 is 6.10 Å². The van der Waals surface area contributed by atoms with Crippen molar-refractivity contribution in [2.24, 2.45) is 0 Å². The van der Waals surface area contributed by atoms with E-state index >= 15 is 0 Å². The standard InChI is InChI=1S/C14H19NO2/c1-2-11-3-5-12(6-4-11)7-8-15-10-13(16)9-14(15)17/h3-6,13,16H,2,7-10H2,1H3. The quantitative estimate of drug-likeness (QED) is 0.853. The number of aliphatic hydroxyl groups excluding tert-OH is 1. The first-order valence-electron chi connectivity index (χ1n) is 6.22. The summed E-state index contributed by atoms with van der Waals surface area (Å²) in [5.41, 5.74) is 2.58. The molecule has 1 heterocycles. The number of hydrogen-bond donors (Lipinski definition) is 1. The van der Waals surface area contributed by atoms with E-state index in [-0.39, 0.29) is 12.3 Å². The Morgan fingerprint density at radius 1 is 1.29 bits per heavy atom. The van der Waals surface area contributed by atoms with Crippen LogP contribution >= 0.6 is 0 Å². The van der Waals surface area contributed by atoms with Crippen LogP contribution in [-0.2, 0) is 17.6 Å². The first kappa shape index (κ1) is 12.1. The van der Waals surface area contributed by atoms with Gasteiger partial charge in [-0.3, -0.25) is 4.79 Å². The summed E-state index contributed by atoms with van der Waals surface area (Å²) in [4.78, 5) is 13.2. The van der Waals surface area contributed by atoms with Crippen molar-refractivity contribution in [1.82, 2.24) is 4.90 Å². The van der Waals surface area contributed by atoms with Gasteiger partial charge in [0.2, 0.25) is 5.91 Å². The number of rotatable bonds is 4. The van der Waals surface area contributed by atoms with Crippen LogP contribution in [0.15, 0.2) is 24.3 Å². The molecule has 1 unspecified atom stereocenters. The van der Waals surface area contributed by atoms with E-state index in [1.165, 1.54) is 11.1 Å². The summed E-state index contributed by atoms with van der Waals surface area (Å²) in [5, 5.41) is 9.37. The lowest BCUT2D eigenvalue weighted by atomic mass is 10.1. The van der Waals surface area contributed by atoms with Crippen LogP contribution in [-0.4, -0.2) is 35.1 Å². The van der Waals surface area contributed by atoms with Crippen molar-refractivity contribution in [1.29, 1.82) is 0 Å². The minimum absolute atomic E-state index is 0.0719. The zero-order valence-electron chi connectivity index (χ0n) is 10.2. The lowest BCUT2D eigenvalue weighted by molar-refractivity contribution is -0.127. The zero-order valence-corrected chi connectivity index (χ0v) is 10.2. The van der Waals surface area contributed by atoms with Gasteiger partial charge in [-0.25, -0.2) is 0 Å². The second-order valence-corrected chi connectivity index (χ2v) is 4.62. The maximum atomic E-state index is 11.5. The van der Waals surface area contributed by atoms with Crippen molar-refractivity contribution in [2.45, 2.75) is 32.3 Å². The van der Waals surface area contributed by atoms with Gasteiger partial charge in [-0.1, -0.05) is 31.2 Å². The van der Waals surface area contributed by atoms with Crippen LogP contribution in [0, 0.1) is 0 Å². The molecule has 0 radical (unpaired) electrons. The molecule has 1 N–H and O–H groups in total. The van der Waals surface area contributed by atoms with Crippen LogP contribution in [0.3, 0.4) is 0 Å². The molecule has 1 aliphatic heterocycles. The van der Waals surface area contributed by atoms with Gasteiger partial charge in [0.05, 0.1) is 12.5 Å². The largest absolute Gasteiger partial charge is 0.391 e. The Labute approximate surface area is 102 Å². The molecule has 17 heavy (non-hydrogen) atoms. The highest BCUT2D eigenvalue weighted by atomic mass is 16.3. The molecule has 1 aromatic rings. The van der Waals surface area contributed by atoms with E-state index in [9.17, 15) is 9.90 Å². The predicted molar refractivity (Wildman–Crippen MR) is 66.7 cm³/mol. The highest BCUT2D eigenvalue weighted by Gasteiger charge is 2.27. The minimum Gasteiger partial charge on any atom is -0.391 e. The summed E-state index contributed by atoms with van der Waals surface area (Å²) in [5.74, 6) is 0.0719. The second-order valence-electron chi connectivity index (χ2n) is 4.62. The van der Waals surface area contributed by atoms with Crippen molar-refractivity contribution in [3.63, 3.8) is 0 Å². The molecular weight excluding hydrogens is 214 g/mol. The van der Waals surface area contributed by atoms with Gasteiger partial charge in [0.25, 0.3) is 0 Å². The first-order chi connectivity index (χ1) is 8.19. The summed E-state index contributed by atoms with van der Waals surface area (Å²) in [6, 6.07) is 8.51. The number of β-amino-alcohol motifs (C(OH)–C–C–N with tert-alkyl or cyclic N) is 1. The molecule has 0 aliphatic carbocycles. The van der Waals surface area contributed by atoms with Crippen LogP contribution in [0.25, 0.3) is 0 Å². The second kappa shape index (κ2) is 5.32. The third kappa shape index (κ3) is 3.07. The third-order valence-corrected chi connectivity index (χ3v) is 3.30. The summed E-state index contributed by atoms with van der Waals surface area (Å²) in [6.45, 7) is 3.34. The molecular formula is C14H19NO2. The summed E-state index contributed by atoms with van der Waals surface area (Å²) < 4.78 is 0. The van der Waals surface area contributed by atoms with Crippen molar-refractivity contribution in [2.75, 3.05) is 13.1 Å². The number of hydrogen-bond acceptors (Lipinski definition) is 2. The number of nitrogens with zero attached hydrogens (tertiary/aromatic N) is 1. The molecule has 1 amide bonds. The molecule has 0 bridgehead atoms. The monoisotopic (exact) mass is 233 g/mol. The fraction of sp³-hybridized carbons (Fsp3) is 0.500. The Kier molecular flexibility index (Phi) is 3.79. The molecule has 2 rings (SSSR count). The van der Waals surface area contributed by atoms with Gasteiger partial charge < -0.3 is 10.0 Å². The van der Waals surface area contributed by atoms with Gasteiger partial charge in [-0.05, 0) is 24.0 Å². The Morgan fingerprint density at radius 3 is 2.47 bits per heavy atom. The summed E-state index contributed by atoms with van der Waals surface area (Å²) >= 11 is 0. The lowest BCUT2D eigenvalue weighted by Gasteiger charge is -2.15. The molecule has 1 fully saturated rings. The fourth-order valence-electron chi connectivity index (χ4n) is 2.17. The zero-order chi connectivity index (χ0) is 12.3. The van der Waals surface area contributed by atoms with Crippen molar-refractivity contribution < 1.29 is 9.90 Å². The molecule has 1 aromatic carbocycles. The number of aliphatic hydroxyl groups is 1. The number of aryl methyl sites for hydroxylation is 1. The van der Waals surface area contributed by atoms with E-state index in [0.29, 0.717) is 13.1 Å². The van der Waals surface area contributed by atoms with Crippen molar-refractivity contribution in [3.8, 4) is 0 Å². The SMILES string of the molecule is CCc1ccc(CCN2CC(O)CC2=O)cc1. The molecule has 3 nitrogen and oxygen atoms in total. The molecule has 1 aliphatic rings. The number of likely N-dealkylation sites (tertiary alicyclic amines) is 1. The van der Waals surface area contributed by atoms with Crippen molar-refractivity contribution in [3.05, 3.63) is 35.4 Å². The third-order valence-electron chi connectivity index (χ3n) is 3.30. The van der Waals surface area contributed by atoms with Gasteiger partial charge in [0.15, 0.2) is 0 Å². The maximum absolute atomic E-state index is 11.5. The van der Waals surface area contributed by atoms with Gasteiger partial charge in [0, 0.05) is 13.1 Å². The predicted octanol–water partition coefficient (Wildman–Crippen LogP) is 1.38. The summed E-state index contributed by atoms with van der Waals surface area (Å²) in [7, 11) is 0. The Hall–Kier alpha value is -1.35. The molecule has 0 spiro atoms. The molecule has 3 heteroatoms. The number of carbonyl (C=O) groups excluding carboxylic acids is 1. The number of benzene rings is 1. The molecule has 0 aromatic heterocycles. The number of carbonyl (C=O) groups is 1. The van der Waals surface area contributed by atoms with Crippen molar-refractivity contribution >= 4 is 5.91 Å². The van der Waals surface area contributed by atoms with Crippen LogP contribution in [0.4, 0.5) is 0 Å². The minimum atomic E-state index is -0.468. The Bertz CT molecular complexity index is 386. The van der Waals surface area contributed by atoms with Gasteiger partial charge in [0.1, 0.15) is 0 Å². The van der Waals surface area contributed by atoms with Crippen LogP contribution in [0.1, 0.15) is 24.5 Å². The molecule has 1 saturated heterocycles. The Balaban J connectivity index is 1.87. The average molecular weight is 233 g/mol. The first-order valence-corrected chi connectivity index (χ1v) is 6.22. The van der Waals surface area contributed by atoms with E-state index in [1.54, 1.807) is 4.90 Å². The number of amides is 1. The van der Waals surface area contributed by atoms with Crippen LogP contribution in [0.2, 0.25) is 0 Å². The fourth-order valence-corrected chi connectivity index (χ4v) is 2.17. The topological polar surface area (TPSA) is 40.5 Å². The van der Waals surface area contributed by atoms with E-state index in [0.717, 1.165) is 12.8 Å². The highest BCUT2D eigenvalue weighted by Crippen LogP contribution is 2.12. The normalized spacial score (nSPS) is 20.0. The van der Waals surface area contributed by atoms with Gasteiger partial charge >= 0.3 is 0 Å². The van der Waals surface area contributed by atoms with Crippen LogP contribution in [0.5, 0.6) is 0 Å². The molecule has 0 saturated carbocycles. The van der Waals surface area contributed by atoms with E-state index in [2.05, 4.69) is 31.2 Å². The average Bonchev–Trinajstić information content (AvgIpc) is 2.66. The Morgan fingerprint density at radius 2 is 1.94 bits per heavy atom. The molecule has 92 valence electrons. The lowest BCUT2D eigenvalue weighted by Crippen LogP contribution is -2.28. The van der Waals surface area contributed by atoms with Gasteiger partial charge in [-0.2, -0.15) is 0 Å².